The van der Waals surface area contributed by atoms with E-state index >= 15 is 0 Å². The second kappa shape index (κ2) is 4.70. The van der Waals surface area contributed by atoms with Crippen LogP contribution in [0.3, 0.4) is 0 Å². The second-order valence-corrected chi connectivity index (χ2v) is 5.78. The first-order chi connectivity index (χ1) is 9.55. The number of anilines is 1. The Balaban J connectivity index is 1.68. The van der Waals surface area contributed by atoms with Gasteiger partial charge in [0.1, 0.15) is 5.69 Å². The molecule has 0 saturated heterocycles. The molecule has 0 heterocycles. The van der Waals surface area contributed by atoms with Gasteiger partial charge in [-0.2, -0.15) is 0 Å². The predicted molar refractivity (Wildman–Crippen MR) is 70.9 cm³/mol. The van der Waals surface area contributed by atoms with E-state index in [0.717, 1.165) is 30.9 Å². The molecule has 108 valence electrons. The van der Waals surface area contributed by atoms with Crippen molar-refractivity contribution in [1.82, 2.24) is 5.32 Å². The number of rotatable bonds is 5. The molecule has 0 aliphatic heterocycles. The third-order valence-corrected chi connectivity index (χ3v) is 4.39. The van der Waals surface area contributed by atoms with Crippen LogP contribution in [0.4, 0.5) is 14.5 Å². The highest BCUT2D eigenvalue weighted by Crippen LogP contribution is 2.60. The SMILES string of the molecule is NNc1c(F)cc(C(=O)NCC2(C3CC3)CC2)cc1F. The Morgan fingerprint density at radius 1 is 1.30 bits per heavy atom. The van der Waals surface area contributed by atoms with Crippen molar-refractivity contribution in [2.45, 2.75) is 25.7 Å². The Kier molecular flexibility index (Phi) is 3.12. The van der Waals surface area contributed by atoms with E-state index in [1.165, 1.54) is 12.8 Å². The Morgan fingerprint density at radius 2 is 1.90 bits per heavy atom. The summed E-state index contributed by atoms with van der Waals surface area (Å²) in [4.78, 5) is 12.0. The molecule has 0 unspecified atom stereocenters. The predicted octanol–water partition coefficient (Wildman–Crippen LogP) is 2.17. The number of halogens is 2. The van der Waals surface area contributed by atoms with Crippen LogP contribution in [0.25, 0.3) is 0 Å². The van der Waals surface area contributed by atoms with Gasteiger partial charge < -0.3 is 10.7 Å². The molecule has 1 aromatic rings. The maximum absolute atomic E-state index is 13.5. The summed E-state index contributed by atoms with van der Waals surface area (Å²) in [5, 5.41) is 2.79. The molecule has 0 aromatic heterocycles. The lowest BCUT2D eigenvalue weighted by molar-refractivity contribution is 0.0941. The summed E-state index contributed by atoms with van der Waals surface area (Å²) < 4.78 is 27.1. The summed E-state index contributed by atoms with van der Waals surface area (Å²) in [5.74, 6) is 3.54. The fourth-order valence-corrected chi connectivity index (χ4v) is 2.79. The van der Waals surface area contributed by atoms with E-state index in [0.29, 0.717) is 6.54 Å². The van der Waals surface area contributed by atoms with E-state index in [4.69, 9.17) is 5.84 Å². The molecule has 2 saturated carbocycles. The molecule has 6 heteroatoms. The Morgan fingerprint density at radius 3 is 2.35 bits per heavy atom. The summed E-state index contributed by atoms with van der Waals surface area (Å²) >= 11 is 0. The largest absolute Gasteiger partial charge is 0.351 e. The summed E-state index contributed by atoms with van der Waals surface area (Å²) in [7, 11) is 0. The van der Waals surface area contributed by atoms with Gasteiger partial charge in [0.05, 0.1) is 0 Å². The van der Waals surface area contributed by atoms with Gasteiger partial charge in [-0.3, -0.25) is 10.6 Å². The average Bonchev–Trinajstić information content (AvgIpc) is 3.27. The number of nitrogens with two attached hydrogens (primary N) is 1. The number of nitrogen functional groups attached to an aromatic ring is 1. The van der Waals surface area contributed by atoms with Gasteiger partial charge in [-0.1, -0.05) is 0 Å². The summed E-state index contributed by atoms with van der Waals surface area (Å²) in [5.41, 5.74) is 1.74. The highest BCUT2D eigenvalue weighted by Gasteiger charge is 2.53. The number of nitrogens with one attached hydrogen (secondary N) is 2. The van der Waals surface area contributed by atoms with Crippen molar-refractivity contribution in [3.05, 3.63) is 29.3 Å². The molecular formula is C14H17F2N3O. The monoisotopic (exact) mass is 281 g/mol. The van der Waals surface area contributed by atoms with Crippen LogP contribution in [-0.4, -0.2) is 12.5 Å². The molecular weight excluding hydrogens is 264 g/mol. The van der Waals surface area contributed by atoms with Gasteiger partial charge in [0.15, 0.2) is 11.6 Å². The van der Waals surface area contributed by atoms with E-state index < -0.39 is 23.2 Å². The Labute approximate surface area is 115 Å². The summed E-state index contributed by atoms with van der Waals surface area (Å²) in [6.45, 7) is 0.594. The topological polar surface area (TPSA) is 67.1 Å². The molecule has 0 radical (unpaired) electrons. The maximum atomic E-state index is 13.5. The minimum Gasteiger partial charge on any atom is -0.351 e. The Hall–Kier alpha value is -1.69. The van der Waals surface area contributed by atoms with Crippen molar-refractivity contribution in [1.29, 1.82) is 0 Å². The van der Waals surface area contributed by atoms with Gasteiger partial charge >= 0.3 is 0 Å². The molecule has 0 bridgehead atoms. The molecule has 4 N–H and O–H groups in total. The standard InChI is InChI=1S/C14H17F2N3O/c15-10-5-8(6-11(16)12(10)19-17)13(20)18-7-14(3-4-14)9-1-2-9/h5-6,9,19H,1-4,7,17H2,(H,18,20). The maximum Gasteiger partial charge on any atom is 0.251 e. The van der Waals surface area contributed by atoms with Crippen LogP contribution in [0, 0.1) is 23.0 Å². The third kappa shape index (κ3) is 2.35. The molecule has 2 fully saturated rings. The van der Waals surface area contributed by atoms with Crippen molar-refractivity contribution in [2.24, 2.45) is 17.2 Å². The highest BCUT2D eigenvalue weighted by molar-refractivity contribution is 5.94. The van der Waals surface area contributed by atoms with Crippen molar-refractivity contribution in [3.63, 3.8) is 0 Å². The van der Waals surface area contributed by atoms with Crippen LogP contribution < -0.4 is 16.6 Å². The number of hydrogen-bond acceptors (Lipinski definition) is 3. The number of benzene rings is 1. The van der Waals surface area contributed by atoms with Gasteiger partial charge in [-0.25, -0.2) is 8.78 Å². The van der Waals surface area contributed by atoms with E-state index in [1.54, 1.807) is 0 Å². The van der Waals surface area contributed by atoms with E-state index in [-0.39, 0.29) is 11.0 Å². The fraction of sp³-hybridized carbons (Fsp3) is 0.500. The summed E-state index contributed by atoms with van der Waals surface area (Å²) in [6.07, 6.45) is 4.74. The van der Waals surface area contributed by atoms with Gasteiger partial charge in [-0.15, -0.1) is 0 Å². The van der Waals surface area contributed by atoms with Gasteiger partial charge in [-0.05, 0) is 49.1 Å². The van der Waals surface area contributed by atoms with Crippen LogP contribution in [0.1, 0.15) is 36.0 Å². The lowest BCUT2D eigenvalue weighted by Gasteiger charge is -2.15. The lowest BCUT2D eigenvalue weighted by atomic mass is 10.0. The smallest absolute Gasteiger partial charge is 0.251 e. The molecule has 0 spiro atoms. The first-order valence-electron chi connectivity index (χ1n) is 6.79. The minimum atomic E-state index is -0.874. The number of hydrazine groups is 1. The highest BCUT2D eigenvalue weighted by atomic mass is 19.1. The number of amides is 1. The van der Waals surface area contributed by atoms with Crippen LogP contribution >= 0.6 is 0 Å². The van der Waals surface area contributed by atoms with Crippen LogP contribution in [0.5, 0.6) is 0 Å². The molecule has 3 rings (SSSR count). The summed E-state index contributed by atoms with van der Waals surface area (Å²) in [6, 6.07) is 1.98. The zero-order chi connectivity index (χ0) is 14.3. The van der Waals surface area contributed by atoms with Crippen LogP contribution in [0.2, 0.25) is 0 Å². The lowest BCUT2D eigenvalue weighted by Crippen LogP contribution is -2.31. The Bertz CT molecular complexity index is 530. The van der Waals surface area contributed by atoms with Crippen LogP contribution in [-0.2, 0) is 0 Å². The normalized spacial score (nSPS) is 19.6. The fourth-order valence-electron chi connectivity index (χ4n) is 2.79. The number of carbonyl (C=O) groups excluding carboxylic acids is 1. The van der Waals surface area contributed by atoms with Crippen molar-refractivity contribution >= 4 is 11.6 Å². The number of hydrogen-bond donors (Lipinski definition) is 3. The van der Waals surface area contributed by atoms with Crippen molar-refractivity contribution < 1.29 is 13.6 Å². The zero-order valence-electron chi connectivity index (χ0n) is 11.0. The van der Waals surface area contributed by atoms with E-state index in [2.05, 4.69) is 5.32 Å². The quantitative estimate of drug-likeness (QED) is 0.572. The van der Waals surface area contributed by atoms with Gasteiger partial charge in [0.25, 0.3) is 5.91 Å². The van der Waals surface area contributed by atoms with Crippen molar-refractivity contribution in [2.75, 3.05) is 12.0 Å². The number of carbonyl (C=O) groups is 1. The minimum absolute atomic E-state index is 0.0226. The third-order valence-electron chi connectivity index (χ3n) is 4.39. The first-order valence-corrected chi connectivity index (χ1v) is 6.79. The van der Waals surface area contributed by atoms with Gasteiger partial charge in [0.2, 0.25) is 0 Å². The molecule has 0 atom stereocenters. The average molecular weight is 281 g/mol. The molecule has 2 aliphatic carbocycles. The first kappa shape index (κ1) is 13.3. The van der Waals surface area contributed by atoms with Gasteiger partial charge in [0, 0.05) is 12.1 Å². The van der Waals surface area contributed by atoms with Crippen molar-refractivity contribution in [3.8, 4) is 0 Å². The second-order valence-electron chi connectivity index (χ2n) is 5.78. The molecule has 2 aliphatic rings. The molecule has 20 heavy (non-hydrogen) atoms. The van der Waals surface area contributed by atoms with E-state index in [9.17, 15) is 13.6 Å². The molecule has 4 nitrogen and oxygen atoms in total. The van der Waals surface area contributed by atoms with E-state index in [1.807, 2.05) is 5.43 Å². The molecule has 1 aromatic carbocycles. The van der Waals surface area contributed by atoms with Crippen LogP contribution in [0.15, 0.2) is 12.1 Å². The molecule has 1 amide bonds. The zero-order valence-corrected chi connectivity index (χ0v) is 11.0.